The summed E-state index contributed by atoms with van der Waals surface area (Å²) in [6.07, 6.45) is 3.80. The second kappa shape index (κ2) is 7.69. The van der Waals surface area contributed by atoms with Crippen molar-refractivity contribution in [2.75, 3.05) is 0 Å². The Bertz CT molecular complexity index is 1050. The van der Waals surface area contributed by atoms with Gasteiger partial charge in [0.15, 0.2) is 0 Å². The molecule has 1 aromatic heterocycles. The smallest absolute Gasteiger partial charge is 0.223 e. The van der Waals surface area contributed by atoms with E-state index >= 15 is 0 Å². The minimum absolute atomic E-state index is 0.224. The predicted octanol–water partition coefficient (Wildman–Crippen LogP) is 3.33. The summed E-state index contributed by atoms with van der Waals surface area (Å²) >= 11 is 0.830. The molecular weight excluding hydrogens is 368 g/mol. The van der Waals surface area contributed by atoms with Crippen molar-refractivity contribution in [3.05, 3.63) is 77.4 Å². The second-order valence-electron chi connectivity index (χ2n) is 5.50. The van der Waals surface area contributed by atoms with Crippen molar-refractivity contribution in [1.82, 2.24) is 10.2 Å². The van der Waals surface area contributed by atoms with E-state index in [4.69, 9.17) is 5.14 Å². The molecule has 1 heterocycles. The zero-order chi connectivity index (χ0) is 18.6. The zero-order valence-corrected chi connectivity index (χ0v) is 15.5. The lowest BCUT2D eigenvalue weighted by molar-refractivity contribution is 0.596. The van der Waals surface area contributed by atoms with Crippen LogP contribution in [0.25, 0.3) is 6.08 Å². The minimum atomic E-state index is -3.88. The van der Waals surface area contributed by atoms with Crippen LogP contribution in [-0.4, -0.2) is 24.3 Å². The lowest BCUT2D eigenvalue weighted by Crippen LogP contribution is -2.11. The number of hydrogen-bond acceptors (Lipinski definition) is 6. The van der Waals surface area contributed by atoms with Gasteiger partial charge in [0, 0.05) is 5.56 Å². The fourth-order valence-electron chi connectivity index (χ4n) is 2.13. The van der Waals surface area contributed by atoms with Crippen molar-refractivity contribution in [3.8, 4) is 0 Å². The molecule has 0 aliphatic rings. The molecule has 8 heteroatoms. The van der Waals surface area contributed by atoms with Gasteiger partial charge in [-0.25, -0.2) is 18.5 Å². The lowest BCUT2D eigenvalue weighted by atomic mass is 10.1. The maximum Gasteiger partial charge on any atom is 0.267 e. The van der Waals surface area contributed by atoms with Crippen LogP contribution in [0.3, 0.4) is 0 Å². The average Bonchev–Trinajstić information content (AvgIpc) is 3.10. The van der Waals surface area contributed by atoms with Crippen LogP contribution in [-0.2, 0) is 10.0 Å². The fourth-order valence-corrected chi connectivity index (χ4v) is 3.43. The van der Waals surface area contributed by atoms with Gasteiger partial charge in [-0.15, -0.1) is 10.2 Å². The van der Waals surface area contributed by atoms with Crippen molar-refractivity contribution < 1.29 is 8.42 Å². The van der Waals surface area contributed by atoms with Gasteiger partial charge < -0.3 is 0 Å². The van der Waals surface area contributed by atoms with Gasteiger partial charge in [-0.1, -0.05) is 77.6 Å². The topological polar surface area (TPSA) is 98.3 Å². The van der Waals surface area contributed by atoms with E-state index in [1.54, 1.807) is 0 Å². The van der Waals surface area contributed by atoms with Crippen LogP contribution < -0.4 is 5.14 Å². The largest absolute Gasteiger partial charge is 0.267 e. The van der Waals surface area contributed by atoms with Crippen LogP contribution in [0.2, 0.25) is 0 Å². The summed E-state index contributed by atoms with van der Waals surface area (Å²) in [6.45, 7) is 2.03. The number of primary sulfonamides is 1. The number of aromatic nitrogens is 2. The van der Waals surface area contributed by atoms with Crippen molar-refractivity contribution in [2.45, 2.75) is 11.3 Å². The number of allylic oxidation sites excluding steroid dienone is 1. The van der Waals surface area contributed by atoms with Crippen LogP contribution in [0, 0.1) is 6.92 Å². The van der Waals surface area contributed by atoms with Crippen LogP contribution in [0.1, 0.15) is 16.7 Å². The average molecular weight is 384 g/mol. The molecule has 0 fully saturated rings. The number of nitrogens with zero attached hydrogens (tertiary/aromatic N) is 3. The van der Waals surface area contributed by atoms with Gasteiger partial charge in [-0.2, -0.15) is 0 Å². The van der Waals surface area contributed by atoms with Crippen molar-refractivity contribution >= 4 is 38.3 Å². The number of hydrogen-bond donors (Lipinski definition) is 1. The summed E-state index contributed by atoms with van der Waals surface area (Å²) in [7, 11) is -3.88. The molecule has 132 valence electrons. The van der Waals surface area contributed by atoms with E-state index in [1.165, 1.54) is 5.56 Å². The molecule has 0 bridgehead atoms. The summed E-state index contributed by atoms with van der Waals surface area (Å²) in [5.41, 5.74) is 3.73. The van der Waals surface area contributed by atoms with E-state index in [2.05, 4.69) is 15.2 Å². The normalized spacial score (nSPS) is 12.6. The predicted molar refractivity (Wildman–Crippen MR) is 104 cm³/mol. The van der Waals surface area contributed by atoms with Gasteiger partial charge in [0.25, 0.3) is 10.0 Å². The maximum atomic E-state index is 11.4. The Labute approximate surface area is 155 Å². The first-order chi connectivity index (χ1) is 12.4. The molecule has 6 nitrogen and oxygen atoms in total. The van der Waals surface area contributed by atoms with Crippen molar-refractivity contribution in [1.29, 1.82) is 0 Å². The molecule has 0 amide bonds. The summed E-state index contributed by atoms with van der Waals surface area (Å²) in [5, 5.41) is 12.7. The molecular formula is C18H16N4O2S2. The SMILES string of the molecule is Cc1ccc(/C=C/C(=Nc2nnc(S(N)(=O)=O)s2)c2ccccc2)cc1. The number of aliphatic imine (C=N–C) groups is 1. The molecule has 3 aromatic rings. The lowest BCUT2D eigenvalue weighted by Gasteiger charge is -2.01. The fraction of sp³-hybridized carbons (Fsp3) is 0.0556. The standard InChI is InChI=1S/C18H16N4O2S2/c1-13-7-9-14(10-8-13)11-12-16(15-5-3-2-4-6-15)20-17-21-22-18(25-17)26(19,23)24/h2-12H,1H3,(H2,19,23,24)/b12-11+,20-16?. The number of nitrogens with two attached hydrogens (primary N) is 1. The first-order valence-corrected chi connectivity index (χ1v) is 10.0. The monoisotopic (exact) mass is 384 g/mol. The maximum absolute atomic E-state index is 11.4. The molecule has 0 saturated carbocycles. The van der Waals surface area contributed by atoms with E-state index in [9.17, 15) is 8.42 Å². The van der Waals surface area contributed by atoms with E-state index in [0.717, 1.165) is 22.5 Å². The molecule has 2 N–H and O–H groups in total. The molecule has 0 unspecified atom stereocenters. The van der Waals surface area contributed by atoms with Crippen LogP contribution in [0.5, 0.6) is 0 Å². The molecule has 2 aromatic carbocycles. The number of sulfonamides is 1. The Morgan fingerprint density at radius 1 is 1.08 bits per heavy atom. The van der Waals surface area contributed by atoms with Crippen LogP contribution in [0.4, 0.5) is 5.13 Å². The van der Waals surface area contributed by atoms with Crippen molar-refractivity contribution in [2.24, 2.45) is 10.1 Å². The van der Waals surface area contributed by atoms with Crippen LogP contribution in [0.15, 0.2) is 70.0 Å². The first-order valence-electron chi connectivity index (χ1n) is 7.67. The van der Waals surface area contributed by atoms with Gasteiger partial charge in [-0.3, -0.25) is 0 Å². The van der Waals surface area contributed by atoms with Gasteiger partial charge in [0.2, 0.25) is 9.47 Å². The molecule has 0 spiro atoms. The summed E-state index contributed by atoms with van der Waals surface area (Å²) in [5.74, 6) is 0. The zero-order valence-electron chi connectivity index (χ0n) is 13.9. The van der Waals surface area contributed by atoms with E-state index in [-0.39, 0.29) is 9.47 Å². The number of benzene rings is 2. The highest BCUT2D eigenvalue weighted by molar-refractivity contribution is 7.91. The quantitative estimate of drug-likeness (QED) is 0.682. The molecule has 0 radical (unpaired) electrons. The molecule has 0 aliphatic carbocycles. The highest BCUT2D eigenvalue weighted by Gasteiger charge is 2.15. The third kappa shape index (κ3) is 4.69. The van der Waals surface area contributed by atoms with Gasteiger partial charge >= 0.3 is 0 Å². The van der Waals surface area contributed by atoms with Gasteiger partial charge in [0.1, 0.15) is 0 Å². The van der Waals surface area contributed by atoms with E-state index < -0.39 is 10.0 Å². The van der Waals surface area contributed by atoms with Gasteiger partial charge in [-0.05, 0) is 18.6 Å². The molecule has 3 rings (SSSR count). The molecule has 0 aliphatic heterocycles. The molecule has 0 atom stereocenters. The Morgan fingerprint density at radius 2 is 1.77 bits per heavy atom. The second-order valence-corrected chi connectivity index (χ2v) is 8.19. The summed E-state index contributed by atoms with van der Waals surface area (Å²) < 4.78 is 22.5. The van der Waals surface area contributed by atoms with E-state index in [0.29, 0.717) is 5.71 Å². The number of rotatable bonds is 5. The van der Waals surface area contributed by atoms with Gasteiger partial charge in [0.05, 0.1) is 5.71 Å². The Hall–Kier alpha value is -2.68. The highest BCUT2D eigenvalue weighted by Crippen LogP contribution is 2.23. The van der Waals surface area contributed by atoms with E-state index in [1.807, 2.05) is 73.7 Å². The third-order valence-electron chi connectivity index (χ3n) is 3.44. The first kappa shape index (κ1) is 18.1. The van der Waals surface area contributed by atoms with Crippen molar-refractivity contribution in [3.63, 3.8) is 0 Å². The van der Waals surface area contributed by atoms with Crippen LogP contribution >= 0.6 is 11.3 Å². The summed E-state index contributed by atoms with van der Waals surface area (Å²) in [6, 6.07) is 17.6. The third-order valence-corrected chi connectivity index (χ3v) is 5.56. The molecule has 26 heavy (non-hydrogen) atoms. The Morgan fingerprint density at radius 3 is 2.38 bits per heavy atom. The minimum Gasteiger partial charge on any atom is -0.223 e. The highest BCUT2D eigenvalue weighted by atomic mass is 32.2. The molecule has 0 saturated heterocycles. The Balaban J connectivity index is 1.98. The Kier molecular flexibility index (Phi) is 5.36. The summed E-state index contributed by atoms with van der Waals surface area (Å²) in [4.78, 5) is 4.45. The number of aryl methyl sites for hydroxylation is 1.